The van der Waals surface area contributed by atoms with Gasteiger partial charge in [0.15, 0.2) is 0 Å². The molecule has 0 radical (unpaired) electrons. The van der Waals surface area contributed by atoms with Crippen LogP contribution in [0.2, 0.25) is 0 Å². The van der Waals surface area contributed by atoms with E-state index in [1.54, 1.807) is 18.2 Å². The van der Waals surface area contributed by atoms with Gasteiger partial charge in [0.05, 0.1) is 5.56 Å². The van der Waals surface area contributed by atoms with E-state index < -0.39 is 5.82 Å². The molecule has 0 aliphatic heterocycles. The minimum atomic E-state index is -0.415. The van der Waals surface area contributed by atoms with Gasteiger partial charge >= 0.3 is 0 Å². The Balaban J connectivity index is 1.70. The van der Waals surface area contributed by atoms with E-state index >= 15 is 0 Å². The molecule has 0 aliphatic carbocycles. The first kappa shape index (κ1) is 22.3. The molecule has 0 amide bonds. The highest BCUT2D eigenvalue weighted by Gasteiger charge is 2.03. The molecule has 31 heavy (non-hydrogen) atoms. The molecule has 3 rings (SSSR count). The van der Waals surface area contributed by atoms with E-state index in [1.165, 1.54) is 17.7 Å². The normalized spacial score (nSPS) is 10.1. The van der Waals surface area contributed by atoms with E-state index in [2.05, 4.69) is 37.5 Å². The molecular weight excluding hydrogens is 386 g/mol. The van der Waals surface area contributed by atoms with Gasteiger partial charge in [0, 0.05) is 16.7 Å². The second kappa shape index (κ2) is 11.1. The molecule has 0 atom stereocenters. The van der Waals surface area contributed by atoms with Crippen LogP contribution in [-0.2, 0) is 12.8 Å². The summed E-state index contributed by atoms with van der Waals surface area (Å²) in [5, 5.41) is 0. The van der Waals surface area contributed by atoms with Gasteiger partial charge in [-0.05, 0) is 72.9 Å². The molecule has 0 N–H and O–H groups in total. The second-order valence-electron chi connectivity index (χ2n) is 7.51. The Labute approximate surface area is 184 Å². The third-order valence-corrected chi connectivity index (χ3v) is 5.13. The van der Waals surface area contributed by atoms with Crippen molar-refractivity contribution >= 4 is 0 Å². The Kier molecular flexibility index (Phi) is 8.03. The maximum atomic E-state index is 14.4. The topological polar surface area (TPSA) is 0 Å². The van der Waals surface area contributed by atoms with Crippen molar-refractivity contribution in [1.82, 2.24) is 0 Å². The monoisotopic (exact) mass is 412 g/mol. The molecule has 156 valence electrons. The van der Waals surface area contributed by atoms with E-state index in [1.807, 2.05) is 30.3 Å². The van der Waals surface area contributed by atoms with Crippen LogP contribution in [0.4, 0.5) is 8.78 Å². The Morgan fingerprint density at radius 1 is 0.645 bits per heavy atom. The summed E-state index contributed by atoms with van der Waals surface area (Å²) in [6.07, 6.45) is 4.90. The number of hydrogen-bond donors (Lipinski definition) is 0. The van der Waals surface area contributed by atoms with Gasteiger partial charge < -0.3 is 0 Å². The van der Waals surface area contributed by atoms with Crippen molar-refractivity contribution in [2.24, 2.45) is 0 Å². The van der Waals surface area contributed by atoms with Crippen LogP contribution in [-0.4, -0.2) is 0 Å². The molecular formula is C29H26F2. The van der Waals surface area contributed by atoms with Crippen molar-refractivity contribution in [3.05, 3.63) is 106 Å². The number of halogens is 2. The lowest BCUT2D eigenvalue weighted by Crippen LogP contribution is -1.92. The summed E-state index contributed by atoms with van der Waals surface area (Å²) in [6, 6.07) is 17.7. The Hall–Kier alpha value is -3.36. The molecule has 2 heteroatoms. The van der Waals surface area contributed by atoms with Crippen LogP contribution < -0.4 is 0 Å². The smallest absolute Gasteiger partial charge is 0.140 e. The van der Waals surface area contributed by atoms with Crippen LogP contribution in [0, 0.1) is 35.3 Å². The number of unbranched alkanes of at least 4 members (excludes halogenated alkanes) is 2. The van der Waals surface area contributed by atoms with Gasteiger partial charge in [0.1, 0.15) is 11.6 Å². The zero-order valence-electron chi connectivity index (χ0n) is 18.1. The summed E-state index contributed by atoms with van der Waals surface area (Å²) in [6.45, 7) is 4.22. The molecule has 0 aliphatic rings. The highest BCUT2D eigenvalue weighted by molar-refractivity contribution is 5.49. The summed E-state index contributed by atoms with van der Waals surface area (Å²) in [7, 11) is 0. The van der Waals surface area contributed by atoms with Gasteiger partial charge in [-0.15, -0.1) is 0 Å². The summed E-state index contributed by atoms with van der Waals surface area (Å²) in [5.74, 6) is 11.1. The second-order valence-corrected chi connectivity index (χ2v) is 7.51. The molecule has 3 aromatic rings. The van der Waals surface area contributed by atoms with Crippen LogP contribution >= 0.6 is 0 Å². The molecule has 0 saturated heterocycles. The molecule has 0 aromatic heterocycles. The maximum Gasteiger partial charge on any atom is 0.140 e. The number of rotatable bonds is 5. The van der Waals surface area contributed by atoms with Gasteiger partial charge in [-0.25, -0.2) is 8.78 Å². The van der Waals surface area contributed by atoms with Crippen molar-refractivity contribution in [2.75, 3.05) is 0 Å². The molecule has 0 nitrogen and oxygen atoms in total. The van der Waals surface area contributed by atoms with Gasteiger partial charge in [-0.2, -0.15) is 0 Å². The average molecular weight is 413 g/mol. The molecule has 0 saturated carbocycles. The summed E-state index contributed by atoms with van der Waals surface area (Å²) >= 11 is 0. The molecule has 0 unspecified atom stereocenters. The van der Waals surface area contributed by atoms with Gasteiger partial charge in [0.25, 0.3) is 0 Å². The number of hydrogen-bond acceptors (Lipinski definition) is 0. The lowest BCUT2D eigenvalue weighted by atomic mass is 10.0. The zero-order valence-corrected chi connectivity index (χ0v) is 18.1. The SMILES string of the molecule is CCCCCc1ccc(C#Cc2ccc(C#Cc3ccc(CC)cc3)c(F)c2)cc1F. The summed E-state index contributed by atoms with van der Waals surface area (Å²) in [5.41, 5.74) is 4.25. The molecule has 0 heterocycles. The predicted octanol–water partition coefficient (Wildman–Crippen LogP) is 7.06. The lowest BCUT2D eigenvalue weighted by molar-refractivity contribution is 0.598. The number of benzene rings is 3. The van der Waals surface area contributed by atoms with Gasteiger partial charge in [-0.3, -0.25) is 0 Å². The van der Waals surface area contributed by atoms with E-state index in [9.17, 15) is 8.78 Å². The predicted molar refractivity (Wildman–Crippen MR) is 124 cm³/mol. The third kappa shape index (κ3) is 6.56. The standard InChI is InChI=1S/C29H26F2/c1-3-5-6-7-26-18-15-24(20-28(26)30)12-13-25-16-19-27(29(31)21-25)17-14-23-10-8-22(4-2)9-11-23/h8-11,15-16,18-21H,3-7H2,1-2H3. The van der Waals surface area contributed by atoms with Crippen molar-refractivity contribution in [2.45, 2.75) is 46.0 Å². The fourth-order valence-corrected chi connectivity index (χ4v) is 3.20. The summed E-state index contributed by atoms with van der Waals surface area (Å²) in [4.78, 5) is 0. The van der Waals surface area contributed by atoms with Crippen LogP contribution in [0.5, 0.6) is 0 Å². The molecule has 0 spiro atoms. The first-order valence-corrected chi connectivity index (χ1v) is 10.8. The average Bonchev–Trinajstić information content (AvgIpc) is 2.79. The van der Waals surface area contributed by atoms with Crippen LogP contribution in [0.15, 0.2) is 60.7 Å². The Bertz CT molecular complexity index is 1150. The van der Waals surface area contributed by atoms with Crippen LogP contribution in [0.25, 0.3) is 0 Å². The number of aryl methyl sites for hydroxylation is 2. The van der Waals surface area contributed by atoms with Crippen molar-refractivity contribution in [3.8, 4) is 23.7 Å². The van der Waals surface area contributed by atoms with Crippen LogP contribution in [0.1, 0.15) is 66.5 Å². The van der Waals surface area contributed by atoms with E-state index in [0.29, 0.717) is 16.7 Å². The fraction of sp³-hybridized carbons (Fsp3) is 0.241. The van der Waals surface area contributed by atoms with Gasteiger partial charge in [0.2, 0.25) is 0 Å². The Morgan fingerprint density at radius 3 is 1.87 bits per heavy atom. The Morgan fingerprint density at radius 2 is 1.26 bits per heavy atom. The minimum absolute atomic E-state index is 0.230. The van der Waals surface area contributed by atoms with Crippen molar-refractivity contribution in [3.63, 3.8) is 0 Å². The van der Waals surface area contributed by atoms with Crippen molar-refractivity contribution in [1.29, 1.82) is 0 Å². The maximum absolute atomic E-state index is 14.4. The van der Waals surface area contributed by atoms with E-state index in [0.717, 1.165) is 43.2 Å². The highest BCUT2D eigenvalue weighted by Crippen LogP contribution is 2.14. The van der Waals surface area contributed by atoms with Crippen LogP contribution in [0.3, 0.4) is 0 Å². The first-order chi connectivity index (χ1) is 15.1. The molecule has 0 bridgehead atoms. The molecule has 0 fully saturated rings. The largest absolute Gasteiger partial charge is 0.207 e. The van der Waals surface area contributed by atoms with Gasteiger partial charge in [-0.1, -0.05) is 68.6 Å². The highest BCUT2D eigenvalue weighted by atomic mass is 19.1. The molecule has 3 aromatic carbocycles. The van der Waals surface area contributed by atoms with E-state index in [-0.39, 0.29) is 5.82 Å². The quantitative estimate of drug-likeness (QED) is 0.311. The zero-order chi connectivity index (χ0) is 22.1. The minimum Gasteiger partial charge on any atom is -0.207 e. The summed E-state index contributed by atoms with van der Waals surface area (Å²) < 4.78 is 28.7. The fourth-order valence-electron chi connectivity index (χ4n) is 3.20. The van der Waals surface area contributed by atoms with Crippen molar-refractivity contribution < 1.29 is 8.78 Å². The lowest BCUT2D eigenvalue weighted by Gasteiger charge is -2.03. The first-order valence-electron chi connectivity index (χ1n) is 10.8. The van der Waals surface area contributed by atoms with E-state index in [4.69, 9.17) is 0 Å². The third-order valence-electron chi connectivity index (χ3n) is 5.13.